The van der Waals surface area contributed by atoms with Gasteiger partial charge in [-0.15, -0.1) is 0 Å². The van der Waals surface area contributed by atoms with Gasteiger partial charge in [0.15, 0.2) is 0 Å². The van der Waals surface area contributed by atoms with Gasteiger partial charge in [-0.2, -0.15) is 0 Å². The molecule has 1 aliphatic rings. The van der Waals surface area contributed by atoms with Crippen LogP contribution in [0.4, 0.5) is 0 Å². The molecular formula is C20H38. The van der Waals surface area contributed by atoms with E-state index in [1.54, 1.807) is 11.1 Å². The molecular weight excluding hydrogens is 240 g/mol. The molecule has 118 valence electrons. The maximum atomic E-state index is 2.43. The Morgan fingerprint density at radius 1 is 0.750 bits per heavy atom. The number of hydrogen-bond donors (Lipinski definition) is 0. The highest BCUT2D eigenvalue weighted by Crippen LogP contribution is 2.37. The first-order valence-electron chi connectivity index (χ1n) is 9.48. The van der Waals surface area contributed by atoms with Gasteiger partial charge in [-0.3, -0.25) is 0 Å². The Bertz CT molecular complexity index is 255. The molecule has 0 aromatic carbocycles. The zero-order valence-electron chi connectivity index (χ0n) is 14.5. The van der Waals surface area contributed by atoms with Crippen LogP contribution in [0.1, 0.15) is 111 Å². The maximum Gasteiger partial charge on any atom is -0.0203 e. The third kappa shape index (κ3) is 8.12. The molecule has 0 heteroatoms. The summed E-state index contributed by atoms with van der Waals surface area (Å²) < 4.78 is 0. The summed E-state index contributed by atoms with van der Waals surface area (Å²) in [5, 5.41) is 0. The minimum atomic E-state index is 0.926. The molecule has 1 rings (SSSR count). The fraction of sp³-hybridized carbons (Fsp3) is 0.900. The standard InChI is InChI=1S/C20H38/c1-4-6-8-10-11-13-15-19(14-12-9-7-5-2)18(3)20-16-17-20/h19H,4-17H2,1-3H3. The lowest BCUT2D eigenvalue weighted by Crippen LogP contribution is -2.03. The average molecular weight is 279 g/mol. The molecule has 0 aromatic rings. The Balaban J connectivity index is 2.19. The SMILES string of the molecule is CCCCCCCCC(CCCCCC)C(C)=C1CC1. The van der Waals surface area contributed by atoms with E-state index in [2.05, 4.69) is 20.8 Å². The molecule has 1 unspecified atom stereocenters. The minimum absolute atomic E-state index is 0.926. The van der Waals surface area contributed by atoms with Gasteiger partial charge in [0.05, 0.1) is 0 Å². The largest absolute Gasteiger partial charge is 0.0710 e. The van der Waals surface area contributed by atoms with Gasteiger partial charge in [-0.25, -0.2) is 0 Å². The van der Waals surface area contributed by atoms with Crippen LogP contribution in [0.2, 0.25) is 0 Å². The lowest BCUT2D eigenvalue weighted by Gasteiger charge is -2.18. The molecule has 0 N–H and O–H groups in total. The van der Waals surface area contributed by atoms with E-state index in [1.165, 1.54) is 89.9 Å². The number of hydrogen-bond acceptors (Lipinski definition) is 0. The molecule has 0 aromatic heterocycles. The molecule has 0 saturated heterocycles. The quantitative estimate of drug-likeness (QED) is 0.243. The molecule has 0 amide bonds. The lowest BCUT2D eigenvalue weighted by molar-refractivity contribution is 0.451. The highest BCUT2D eigenvalue weighted by molar-refractivity contribution is 5.25. The van der Waals surface area contributed by atoms with Crippen molar-refractivity contribution >= 4 is 0 Å². The number of allylic oxidation sites excluding steroid dienone is 2. The van der Waals surface area contributed by atoms with Crippen LogP contribution in [0, 0.1) is 5.92 Å². The molecule has 1 fully saturated rings. The van der Waals surface area contributed by atoms with E-state index in [9.17, 15) is 0 Å². The predicted molar refractivity (Wildman–Crippen MR) is 92.2 cm³/mol. The Hall–Kier alpha value is -0.260. The smallest absolute Gasteiger partial charge is 0.0203 e. The van der Waals surface area contributed by atoms with Crippen molar-refractivity contribution in [1.82, 2.24) is 0 Å². The zero-order chi connectivity index (χ0) is 14.6. The van der Waals surface area contributed by atoms with Crippen LogP contribution >= 0.6 is 0 Å². The van der Waals surface area contributed by atoms with Crippen molar-refractivity contribution < 1.29 is 0 Å². The first-order chi connectivity index (χ1) is 9.79. The molecule has 0 radical (unpaired) electrons. The summed E-state index contributed by atoms with van der Waals surface area (Å²) >= 11 is 0. The van der Waals surface area contributed by atoms with Crippen molar-refractivity contribution in [3.63, 3.8) is 0 Å². The van der Waals surface area contributed by atoms with Crippen LogP contribution in [-0.4, -0.2) is 0 Å². The predicted octanol–water partition coefficient (Wildman–Crippen LogP) is 7.43. The monoisotopic (exact) mass is 278 g/mol. The van der Waals surface area contributed by atoms with Crippen molar-refractivity contribution in [1.29, 1.82) is 0 Å². The molecule has 0 nitrogen and oxygen atoms in total. The zero-order valence-corrected chi connectivity index (χ0v) is 14.5. The van der Waals surface area contributed by atoms with Crippen molar-refractivity contribution in [3.05, 3.63) is 11.1 Å². The van der Waals surface area contributed by atoms with Gasteiger partial charge >= 0.3 is 0 Å². The van der Waals surface area contributed by atoms with Gasteiger partial charge in [-0.1, -0.05) is 89.2 Å². The topological polar surface area (TPSA) is 0 Å². The summed E-state index contributed by atoms with van der Waals surface area (Å²) in [6.45, 7) is 7.05. The van der Waals surface area contributed by atoms with E-state index in [0.717, 1.165) is 5.92 Å². The van der Waals surface area contributed by atoms with Gasteiger partial charge in [0.1, 0.15) is 0 Å². The molecule has 1 aliphatic carbocycles. The Morgan fingerprint density at radius 3 is 1.70 bits per heavy atom. The van der Waals surface area contributed by atoms with E-state index in [1.807, 2.05) is 0 Å². The molecule has 20 heavy (non-hydrogen) atoms. The van der Waals surface area contributed by atoms with E-state index in [-0.39, 0.29) is 0 Å². The van der Waals surface area contributed by atoms with E-state index in [4.69, 9.17) is 0 Å². The first-order valence-corrected chi connectivity index (χ1v) is 9.48. The maximum absolute atomic E-state index is 2.43. The summed E-state index contributed by atoms with van der Waals surface area (Å²) in [5.74, 6) is 0.926. The summed E-state index contributed by atoms with van der Waals surface area (Å²) in [6.07, 6.45) is 20.1. The van der Waals surface area contributed by atoms with Crippen LogP contribution in [-0.2, 0) is 0 Å². The van der Waals surface area contributed by atoms with Crippen LogP contribution in [0.5, 0.6) is 0 Å². The minimum Gasteiger partial charge on any atom is -0.0710 e. The molecule has 0 heterocycles. The van der Waals surface area contributed by atoms with Gasteiger partial charge < -0.3 is 0 Å². The Morgan fingerprint density at radius 2 is 1.20 bits per heavy atom. The fourth-order valence-corrected chi connectivity index (χ4v) is 3.31. The Labute approximate surface area is 128 Å². The average Bonchev–Trinajstić information content (AvgIpc) is 3.28. The van der Waals surface area contributed by atoms with E-state index < -0.39 is 0 Å². The summed E-state index contributed by atoms with van der Waals surface area (Å²) in [6, 6.07) is 0. The van der Waals surface area contributed by atoms with Crippen LogP contribution in [0.15, 0.2) is 11.1 Å². The van der Waals surface area contributed by atoms with Crippen molar-refractivity contribution in [3.8, 4) is 0 Å². The third-order valence-electron chi connectivity index (χ3n) is 4.98. The second-order valence-electron chi connectivity index (χ2n) is 6.89. The van der Waals surface area contributed by atoms with E-state index in [0.29, 0.717) is 0 Å². The molecule has 0 spiro atoms. The number of unbranched alkanes of at least 4 members (excludes halogenated alkanes) is 8. The molecule has 0 aliphatic heterocycles. The normalized spacial score (nSPS) is 15.4. The highest BCUT2D eigenvalue weighted by atomic mass is 14.3. The van der Waals surface area contributed by atoms with Gasteiger partial charge in [-0.05, 0) is 38.5 Å². The fourth-order valence-electron chi connectivity index (χ4n) is 3.31. The number of rotatable bonds is 13. The van der Waals surface area contributed by atoms with Crippen molar-refractivity contribution in [2.45, 2.75) is 111 Å². The second kappa shape index (κ2) is 11.4. The summed E-state index contributed by atoms with van der Waals surface area (Å²) in [4.78, 5) is 0. The van der Waals surface area contributed by atoms with Crippen LogP contribution < -0.4 is 0 Å². The van der Waals surface area contributed by atoms with Gasteiger partial charge in [0.2, 0.25) is 0 Å². The third-order valence-corrected chi connectivity index (χ3v) is 4.98. The van der Waals surface area contributed by atoms with E-state index >= 15 is 0 Å². The van der Waals surface area contributed by atoms with Crippen LogP contribution in [0.3, 0.4) is 0 Å². The molecule has 1 saturated carbocycles. The molecule has 0 bridgehead atoms. The Kier molecular flexibility index (Phi) is 10.1. The van der Waals surface area contributed by atoms with Crippen molar-refractivity contribution in [2.24, 2.45) is 5.92 Å². The molecule has 1 atom stereocenters. The second-order valence-corrected chi connectivity index (χ2v) is 6.89. The summed E-state index contributed by atoms with van der Waals surface area (Å²) in [5.41, 5.74) is 3.59. The van der Waals surface area contributed by atoms with Gasteiger partial charge in [0, 0.05) is 0 Å². The summed E-state index contributed by atoms with van der Waals surface area (Å²) in [7, 11) is 0. The first kappa shape index (κ1) is 17.8. The highest BCUT2D eigenvalue weighted by Gasteiger charge is 2.20. The van der Waals surface area contributed by atoms with Gasteiger partial charge in [0.25, 0.3) is 0 Å². The van der Waals surface area contributed by atoms with Crippen molar-refractivity contribution in [2.75, 3.05) is 0 Å². The lowest BCUT2D eigenvalue weighted by atomic mass is 9.88. The van der Waals surface area contributed by atoms with Crippen LogP contribution in [0.25, 0.3) is 0 Å².